The summed E-state index contributed by atoms with van der Waals surface area (Å²) >= 11 is 5.62. The molecular formula is C13H15ClFNO. The topological polar surface area (TPSA) is 29.1 Å². The van der Waals surface area contributed by atoms with Crippen molar-refractivity contribution < 1.29 is 9.18 Å². The van der Waals surface area contributed by atoms with Crippen molar-refractivity contribution in [2.45, 2.75) is 20.8 Å². The van der Waals surface area contributed by atoms with Crippen molar-refractivity contribution in [3.63, 3.8) is 0 Å². The fourth-order valence-corrected chi connectivity index (χ4v) is 1.23. The summed E-state index contributed by atoms with van der Waals surface area (Å²) < 4.78 is 12.9. The van der Waals surface area contributed by atoms with Crippen molar-refractivity contribution in [3.8, 4) is 0 Å². The van der Waals surface area contributed by atoms with Crippen LogP contribution in [0.2, 0.25) is 5.02 Å². The maximum absolute atomic E-state index is 12.9. The predicted octanol–water partition coefficient (Wildman–Crippen LogP) is 4.02. The zero-order valence-electron chi connectivity index (χ0n) is 10.1. The molecule has 0 fully saturated rings. The van der Waals surface area contributed by atoms with Gasteiger partial charge in [0.1, 0.15) is 5.82 Å². The van der Waals surface area contributed by atoms with E-state index in [9.17, 15) is 9.18 Å². The Morgan fingerprint density at radius 2 is 2.06 bits per heavy atom. The van der Waals surface area contributed by atoms with Crippen LogP contribution in [0.25, 0.3) is 0 Å². The van der Waals surface area contributed by atoms with Crippen LogP contribution in [0.3, 0.4) is 0 Å². The largest absolute Gasteiger partial charge is 0.362 e. The summed E-state index contributed by atoms with van der Waals surface area (Å²) in [5.41, 5.74) is 0.230. The van der Waals surface area contributed by atoms with Gasteiger partial charge in [-0.1, -0.05) is 32.4 Å². The van der Waals surface area contributed by atoms with Crippen LogP contribution in [0.4, 0.5) is 10.1 Å². The van der Waals surface area contributed by atoms with E-state index in [0.29, 0.717) is 5.69 Å². The number of rotatable bonds is 3. The van der Waals surface area contributed by atoms with Gasteiger partial charge in [0.05, 0.1) is 5.02 Å². The fraction of sp³-hybridized carbons (Fsp3) is 0.308. The van der Waals surface area contributed by atoms with Crippen molar-refractivity contribution in [1.82, 2.24) is 0 Å². The number of allylic oxidation sites excluding steroid dienone is 1. The smallest absolute Gasteiger partial charge is 0.162 e. The van der Waals surface area contributed by atoms with Gasteiger partial charge in [-0.25, -0.2) is 4.39 Å². The second kappa shape index (κ2) is 5.32. The first-order chi connectivity index (χ1) is 7.80. The molecule has 4 heteroatoms. The molecule has 1 aromatic carbocycles. The molecule has 0 spiro atoms. The van der Waals surface area contributed by atoms with Crippen molar-refractivity contribution in [3.05, 3.63) is 41.3 Å². The van der Waals surface area contributed by atoms with E-state index in [4.69, 9.17) is 11.6 Å². The number of nitrogens with one attached hydrogen (secondary N) is 1. The van der Waals surface area contributed by atoms with E-state index in [1.165, 1.54) is 24.4 Å². The minimum Gasteiger partial charge on any atom is -0.362 e. The minimum atomic E-state index is -0.466. The van der Waals surface area contributed by atoms with Gasteiger partial charge in [0, 0.05) is 17.3 Å². The molecule has 17 heavy (non-hydrogen) atoms. The van der Waals surface area contributed by atoms with Gasteiger partial charge >= 0.3 is 0 Å². The highest BCUT2D eigenvalue weighted by molar-refractivity contribution is 6.31. The van der Waals surface area contributed by atoms with Crippen molar-refractivity contribution in [1.29, 1.82) is 0 Å². The molecule has 0 aliphatic carbocycles. The maximum atomic E-state index is 12.9. The fourth-order valence-electron chi connectivity index (χ4n) is 1.05. The highest BCUT2D eigenvalue weighted by Crippen LogP contribution is 2.19. The molecule has 0 aliphatic rings. The van der Waals surface area contributed by atoms with E-state index in [2.05, 4.69) is 5.32 Å². The molecule has 0 saturated heterocycles. The number of ketones is 1. The molecule has 0 aromatic heterocycles. The van der Waals surface area contributed by atoms with Crippen LogP contribution in [0.1, 0.15) is 20.8 Å². The first-order valence-electron chi connectivity index (χ1n) is 5.23. The summed E-state index contributed by atoms with van der Waals surface area (Å²) in [5, 5.41) is 2.91. The summed E-state index contributed by atoms with van der Waals surface area (Å²) in [6, 6.07) is 4.28. The second-order valence-corrected chi connectivity index (χ2v) is 5.13. The maximum Gasteiger partial charge on any atom is 0.162 e. The molecule has 0 saturated carbocycles. The number of halogens is 2. The first kappa shape index (κ1) is 13.7. The van der Waals surface area contributed by atoms with Gasteiger partial charge < -0.3 is 5.32 Å². The Hall–Kier alpha value is -1.35. The van der Waals surface area contributed by atoms with Crippen molar-refractivity contribution in [2.75, 3.05) is 5.32 Å². The van der Waals surface area contributed by atoms with Crippen LogP contribution >= 0.6 is 11.6 Å². The van der Waals surface area contributed by atoms with E-state index < -0.39 is 11.2 Å². The van der Waals surface area contributed by atoms with E-state index in [1.807, 2.05) is 20.8 Å². The second-order valence-electron chi connectivity index (χ2n) is 4.72. The Balaban J connectivity index is 2.65. The molecule has 0 heterocycles. The number of carbonyl (C=O) groups excluding carboxylic acids is 1. The molecule has 0 amide bonds. The van der Waals surface area contributed by atoms with Gasteiger partial charge in [0.25, 0.3) is 0 Å². The summed E-state index contributed by atoms with van der Waals surface area (Å²) in [7, 11) is 0. The predicted molar refractivity (Wildman–Crippen MR) is 68.6 cm³/mol. The highest BCUT2D eigenvalue weighted by atomic mass is 35.5. The van der Waals surface area contributed by atoms with Crippen LogP contribution < -0.4 is 5.32 Å². The standard InChI is InChI=1S/C13H15ClFNO/c1-13(2,3)12(17)6-7-16-9-4-5-11(15)10(14)8-9/h4-8,16H,1-3H3/b7-6+. The van der Waals surface area contributed by atoms with E-state index >= 15 is 0 Å². The minimum absolute atomic E-state index is 0.0122. The number of carbonyl (C=O) groups is 1. The van der Waals surface area contributed by atoms with Gasteiger partial charge in [-0.3, -0.25) is 4.79 Å². The van der Waals surface area contributed by atoms with Gasteiger partial charge in [-0.05, 0) is 24.3 Å². The molecule has 1 rings (SSSR count). The third kappa shape index (κ3) is 4.19. The third-order valence-corrected chi connectivity index (χ3v) is 2.43. The molecule has 0 radical (unpaired) electrons. The van der Waals surface area contributed by atoms with Gasteiger partial charge in [0.15, 0.2) is 5.78 Å². The lowest BCUT2D eigenvalue weighted by Gasteiger charge is -2.13. The Bertz CT molecular complexity index is 449. The number of benzene rings is 1. The third-order valence-electron chi connectivity index (χ3n) is 2.14. The lowest BCUT2D eigenvalue weighted by molar-refractivity contribution is -0.121. The Labute approximate surface area is 105 Å². The number of hydrogen-bond donors (Lipinski definition) is 1. The summed E-state index contributed by atoms with van der Waals surface area (Å²) in [6.45, 7) is 5.53. The SMILES string of the molecule is CC(C)(C)C(=O)/C=C/Nc1ccc(F)c(Cl)c1. The lowest BCUT2D eigenvalue weighted by Crippen LogP contribution is -2.17. The Kier molecular flexibility index (Phi) is 4.29. The van der Waals surface area contributed by atoms with Crippen molar-refractivity contribution in [2.24, 2.45) is 5.41 Å². The number of anilines is 1. The zero-order valence-corrected chi connectivity index (χ0v) is 10.8. The monoisotopic (exact) mass is 255 g/mol. The molecular weight excluding hydrogens is 241 g/mol. The van der Waals surface area contributed by atoms with Gasteiger partial charge in [-0.15, -0.1) is 0 Å². The van der Waals surface area contributed by atoms with E-state index in [-0.39, 0.29) is 10.8 Å². The van der Waals surface area contributed by atoms with Crippen LogP contribution in [0, 0.1) is 11.2 Å². The summed E-state index contributed by atoms with van der Waals surface area (Å²) in [6.07, 6.45) is 2.98. The molecule has 92 valence electrons. The first-order valence-corrected chi connectivity index (χ1v) is 5.61. The molecule has 0 bridgehead atoms. The quantitative estimate of drug-likeness (QED) is 0.827. The van der Waals surface area contributed by atoms with Crippen LogP contribution in [-0.4, -0.2) is 5.78 Å². The highest BCUT2D eigenvalue weighted by Gasteiger charge is 2.17. The molecule has 0 unspecified atom stereocenters. The van der Waals surface area contributed by atoms with Crippen LogP contribution in [0.5, 0.6) is 0 Å². The average molecular weight is 256 g/mol. The van der Waals surface area contributed by atoms with E-state index in [1.54, 1.807) is 6.07 Å². The van der Waals surface area contributed by atoms with Crippen LogP contribution in [0.15, 0.2) is 30.5 Å². The molecule has 0 aliphatic heterocycles. The van der Waals surface area contributed by atoms with E-state index in [0.717, 1.165) is 0 Å². The summed E-state index contributed by atoms with van der Waals surface area (Å²) in [5.74, 6) is -0.454. The van der Waals surface area contributed by atoms with Gasteiger partial charge in [-0.2, -0.15) is 0 Å². The van der Waals surface area contributed by atoms with Gasteiger partial charge in [0.2, 0.25) is 0 Å². The average Bonchev–Trinajstić information content (AvgIpc) is 2.22. The molecule has 0 atom stereocenters. The molecule has 1 N–H and O–H groups in total. The zero-order chi connectivity index (χ0) is 13.1. The molecule has 1 aromatic rings. The molecule has 2 nitrogen and oxygen atoms in total. The Morgan fingerprint density at radius 1 is 1.41 bits per heavy atom. The van der Waals surface area contributed by atoms with Crippen molar-refractivity contribution >= 4 is 23.1 Å². The Morgan fingerprint density at radius 3 is 2.59 bits per heavy atom. The van der Waals surface area contributed by atoms with Crippen LogP contribution in [-0.2, 0) is 4.79 Å². The lowest BCUT2D eigenvalue weighted by atomic mass is 9.91. The number of hydrogen-bond acceptors (Lipinski definition) is 2. The summed E-state index contributed by atoms with van der Waals surface area (Å²) in [4.78, 5) is 11.6. The normalized spacial score (nSPS) is 11.8.